The quantitative estimate of drug-likeness (QED) is 0.721. The summed E-state index contributed by atoms with van der Waals surface area (Å²) < 4.78 is 5.43. The summed E-state index contributed by atoms with van der Waals surface area (Å²) in [5.74, 6) is -0.104. The summed E-state index contributed by atoms with van der Waals surface area (Å²) in [6.07, 6.45) is 2.24. The zero-order chi connectivity index (χ0) is 18.6. The molecule has 1 N–H and O–H groups in total. The lowest BCUT2D eigenvalue weighted by atomic mass is 9.96. The van der Waals surface area contributed by atoms with Crippen molar-refractivity contribution in [1.82, 2.24) is 0 Å². The van der Waals surface area contributed by atoms with Crippen LogP contribution in [0.1, 0.15) is 43.4 Å². The number of hydrogen-bond acceptors (Lipinski definition) is 4. The molecule has 1 aliphatic heterocycles. The Hall–Kier alpha value is -1.14. The minimum Gasteiger partial charge on any atom is -1.00 e. The molecule has 2 aromatic heterocycles. The summed E-state index contributed by atoms with van der Waals surface area (Å²) in [6, 6.07) is 8.74. The average molecular weight is 426 g/mol. The molecule has 3 heterocycles. The maximum absolute atomic E-state index is 11.9. The number of ether oxygens (including phenoxy) is 1. The monoisotopic (exact) mass is 425 g/mol. The van der Waals surface area contributed by atoms with Crippen LogP contribution in [0.25, 0.3) is 5.57 Å². The van der Waals surface area contributed by atoms with Gasteiger partial charge in [0, 0.05) is 28.2 Å². The number of esters is 1. The molecule has 0 amide bonds. The van der Waals surface area contributed by atoms with E-state index >= 15 is 0 Å². The van der Waals surface area contributed by atoms with Crippen LogP contribution in [0.5, 0.6) is 0 Å². The maximum atomic E-state index is 11.9. The summed E-state index contributed by atoms with van der Waals surface area (Å²) in [5.41, 5.74) is 2.61. The number of hydrogen-bond donors (Lipinski definition) is 1. The van der Waals surface area contributed by atoms with Crippen molar-refractivity contribution >= 4 is 34.2 Å². The third-order valence-electron chi connectivity index (χ3n) is 4.75. The highest BCUT2D eigenvalue weighted by atomic mass is 35.5. The van der Waals surface area contributed by atoms with Gasteiger partial charge in [-0.05, 0) is 49.2 Å². The van der Waals surface area contributed by atoms with Crippen molar-refractivity contribution < 1.29 is 26.8 Å². The molecular formula is C21H28ClNO2S2. The van der Waals surface area contributed by atoms with Crippen LogP contribution in [0.15, 0.2) is 40.6 Å². The molecule has 0 aromatic carbocycles. The van der Waals surface area contributed by atoms with Crippen molar-refractivity contribution in [3.63, 3.8) is 0 Å². The molecule has 1 saturated heterocycles. The second-order valence-electron chi connectivity index (χ2n) is 7.82. The topological polar surface area (TPSA) is 30.7 Å². The molecule has 148 valence electrons. The van der Waals surface area contributed by atoms with E-state index in [1.165, 1.54) is 20.2 Å². The highest BCUT2D eigenvalue weighted by molar-refractivity contribution is 7.13. The van der Waals surface area contributed by atoms with E-state index in [0.29, 0.717) is 6.61 Å². The number of nitrogens with one attached hydrogen (secondary N) is 1. The molecule has 1 aliphatic rings. The molecule has 0 radical (unpaired) electrons. The van der Waals surface area contributed by atoms with Crippen LogP contribution in [0.3, 0.4) is 0 Å². The molecule has 6 heteroatoms. The molecule has 0 aliphatic carbocycles. The van der Waals surface area contributed by atoms with E-state index < -0.39 is 5.41 Å². The standard InChI is InChI=1S/C21H27NO2S2.ClH/c1-21(2,3)20(23)24-13-12-22-10-8-16(9-11-22)19(17-6-4-14-25-17)18-7-5-15-26-18;/h4-7,14-15H,8-13H2,1-3H3;1H. The van der Waals surface area contributed by atoms with E-state index in [9.17, 15) is 4.79 Å². The average Bonchev–Trinajstić information content (AvgIpc) is 3.30. The van der Waals surface area contributed by atoms with Crippen LogP contribution in [0.4, 0.5) is 0 Å². The molecule has 0 bridgehead atoms. The number of likely N-dealkylation sites (tertiary alicyclic amines) is 1. The van der Waals surface area contributed by atoms with Gasteiger partial charge in [0.15, 0.2) is 0 Å². The van der Waals surface area contributed by atoms with Gasteiger partial charge in [0.1, 0.15) is 13.2 Å². The number of halogens is 1. The minimum atomic E-state index is -0.413. The lowest BCUT2D eigenvalue weighted by Gasteiger charge is -2.27. The first kappa shape index (κ1) is 22.2. The number of rotatable bonds is 5. The number of carbonyl (C=O) groups excluding carboxylic acids is 1. The molecule has 3 rings (SSSR count). The zero-order valence-corrected chi connectivity index (χ0v) is 18.6. The second kappa shape index (κ2) is 9.87. The summed E-state index contributed by atoms with van der Waals surface area (Å²) >= 11 is 3.66. The van der Waals surface area contributed by atoms with Gasteiger partial charge in [-0.2, -0.15) is 0 Å². The van der Waals surface area contributed by atoms with E-state index in [2.05, 4.69) is 35.0 Å². The van der Waals surface area contributed by atoms with Crippen LogP contribution in [-0.2, 0) is 9.53 Å². The van der Waals surface area contributed by atoms with E-state index in [1.54, 1.807) is 5.57 Å². The second-order valence-corrected chi connectivity index (χ2v) is 9.71. The Bertz CT molecular complexity index is 699. The molecule has 1 fully saturated rings. The molecule has 0 atom stereocenters. The van der Waals surface area contributed by atoms with Crippen LogP contribution in [0.2, 0.25) is 0 Å². The largest absolute Gasteiger partial charge is 1.00 e. The third-order valence-corrected chi connectivity index (χ3v) is 6.53. The summed E-state index contributed by atoms with van der Waals surface area (Å²) in [4.78, 5) is 16.2. The van der Waals surface area contributed by atoms with Gasteiger partial charge in [-0.3, -0.25) is 4.79 Å². The van der Waals surface area contributed by atoms with Crippen molar-refractivity contribution in [3.8, 4) is 0 Å². The van der Waals surface area contributed by atoms with Gasteiger partial charge in [0.05, 0.1) is 18.5 Å². The lowest BCUT2D eigenvalue weighted by molar-refractivity contribution is -0.902. The summed E-state index contributed by atoms with van der Waals surface area (Å²) in [7, 11) is 0. The van der Waals surface area contributed by atoms with Gasteiger partial charge < -0.3 is 22.0 Å². The van der Waals surface area contributed by atoms with Crippen molar-refractivity contribution in [2.24, 2.45) is 5.41 Å². The summed E-state index contributed by atoms with van der Waals surface area (Å²) in [5, 5.41) is 4.32. The van der Waals surface area contributed by atoms with E-state index in [-0.39, 0.29) is 18.4 Å². The van der Waals surface area contributed by atoms with Gasteiger partial charge in [-0.1, -0.05) is 12.1 Å². The van der Waals surface area contributed by atoms with E-state index in [1.807, 2.05) is 43.4 Å². The van der Waals surface area contributed by atoms with Gasteiger partial charge in [-0.25, -0.2) is 0 Å². The minimum absolute atomic E-state index is 0. The number of piperidine rings is 1. The molecule has 0 saturated carbocycles. The Morgan fingerprint density at radius 1 is 1.07 bits per heavy atom. The lowest BCUT2D eigenvalue weighted by Crippen LogP contribution is -3.13. The SMILES string of the molecule is CC(C)(C)C(=O)OCC[NH+]1CCC(=C(c2cccs2)c2cccs2)CC1.[Cl-]. The van der Waals surface area contributed by atoms with Crippen molar-refractivity contribution in [2.45, 2.75) is 33.6 Å². The fraction of sp³-hybridized carbons (Fsp3) is 0.476. The number of quaternary nitrogens is 1. The molecular weight excluding hydrogens is 398 g/mol. The third kappa shape index (κ3) is 5.92. The Kier molecular flexibility index (Phi) is 8.10. The maximum Gasteiger partial charge on any atom is 0.311 e. The summed E-state index contributed by atoms with van der Waals surface area (Å²) in [6.45, 7) is 9.35. The molecule has 27 heavy (non-hydrogen) atoms. The fourth-order valence-electron chi connectivity index (χ4n) is 3.22. The first-order chi connectivity index (χ1) is 12.4. The Labute approximate surface area is 176 Å². The molecule has 0 unspecified atom stereocenters. The highest BCUT2D eigenvalue weighted by Crippen LogP contribution is 2.35. The first-order valence-electron chi connectivity index (χ1n) is 9.26. The Morgan fingerprint density at radius 3 is 2.07 bits per heavy atom. The van der Waals surface area contributed by atoms with Gasteiger partial charge in [0.25, 0.3) is 0 Å². The van der Waals surface area contributed by atoms with E-state index in [4.69, 9.17) is 4.74 Å². The van der Waals surface area contributed by atoms with Crippen LogP contribution < -0.4 is 17.3 Å². The highest BCUT2D eigenvalue weighted by Gasteiger charge is 2.25. The van der Waals surface area contributed by atoms with Crippen molar-refractivity contribution in [2.75, 3.05) is 26.2 Å². The van der Waals surface area contributed by atoms with Crippen LogP contribution >= 0.6 is 22.7 Å². The number of thiophene rings is 2. The van der Waals surface area contributed by atoms with Crippen molar-refractivity contribution in [3.05, 3.63) is 50.4 Å². The predicted octanol–water partition coefficient (Wildman–Crippen LogP) is 0.884. The van der Waals surface area contributed by atoms with Crippen LogP contribution in [-0.4, -0.2) is 32.2 Å². The van der Waals surface area contributed by atoms with Crippen LogP contribution in [0, 0.1) is 5.41 Å². The van der Waals surface area contributed by atoms with Gasteiger partial charge in [0.2, 0.25) is 0 Å². The van der Waals surface area contributed by atoms with Gasteiger partial charge in [-0.15, -0.1) is 22.7 Å². The number of carbonyl (C=O) groups is 1. The van der Waals surface area contributed by atoms with E-state index in [0.717, 1.165) is 32.5 Å². The zero-order valence-electron chi connectivity index (χ0n) is 16.2. The Morgan fingerprint density at radius 2 is 1.63 bits per heavy atom. The smallest absolute Gasteiger partial charge is 0.311 e. The Balaban J connectivity index is 0.00000261. The molecule has 2 aromatic rings. The first-order valence-corrected chi connectivity index (χ1v) is 11.0. The fourth-order valence-corrected chi connectivity index (χ4v) is 4.95. The van der Waals surface area contributed by atoms with Crippen molar-refractivity contribution in [1.29, 1.82) is 0 Å². The van der Waals surface area contributed by atoms with Gasteiger partial charge >= 0.3 is 5.97 Å². The molecule has 0 spiro atoms. The molecule has 3 nitrogen and oxygen atoms in total. The normalized spacial score (nSPS) is 17.3. The predicted molar refractivity (Wildman–Crippen MR) is 110 cm³/mol.